The zero-order valence-corrected chi connectivity index (χ0v) is 14.5. The second-order valence-electron chi connectivity index (χ2n) is 6.71. The molecule has 1 atom stereocenters. The highest BCUT2D eigenvalue weighted by Gasteiger charge is 2.25. The Balaban J connectivity index is 1.58. The van der Waals surface area contributed by atoms with Crippen molar-refractivity contribution >= 4 is 16.9 Å². The predicted octanol–water partition coefficient (Wildman–Crippen LogP) is 2.56. The molecule has 0 saturated carbocycles. The van der Waals surface area contributed by atoms with Crippen LogP contribution in [0, 0.1) is 5.92 Å². The highest BCUT2D eigenvalue weighted by molar-refractivity contribution is 5.85. The van der Waals surface area contributed by atoms with Crippen molar-refractivity contribution in [1.29, 1.82) is 0 Å². The Morgan fingerprint density at radius 2 is 2.00 bits per heavy atom. The van der Waals surface area contributed by atoms with Crippen LogP contribution in [0.25, 0.3) is 11.0 Å². The molecule has 25 heavy (non-hydrogen) atoms. The average molecular weight is 336 g/mol. The molecule has 0 spiro atoms. The van der Waals surface area contributed by atoms with Crippen LogP contribution in [-0.4, -0.2) is 39.4 Å². The summed E-state index contributed by atoms with van der Waals surface area (Å²) in [4.78, 5) is 8.76. The van der Waals surface area contributed by atoms with Gasteiger partial charge >= 0.3 is 0 Å². The van der Waals surface area contributed by atoms with Gasteiger partial charge in [-0.25, -0.2) is 9.97 Å². The Morgan fingerprint density at radius 3 is 2.80 bits per heavy atom. The first-order valence-corrected chi connectivity index (χ1v) is 8.95. The standard InChI is InChI=1S/C19H24N6/c1-25-19-17(12-24-25)18(22-13-23-19)21-11-16(14-5-3-2-4-6-14)15-7-9-20-10-8-15/h2-6,12-13,15-16,20H,7-11H2,1H3,(H,21,22,23). The van der Waals surface area contributed by atoms with Crippen molar-refractivity contribution in [3.05, 3.63) is 48.4 Å². The monoisotopic (exact) mass is 336 g/mol. The van der Waals surface area contributed by atoms with Crippen LogP contribution in [0.3, 0.4) is 0 Å². The molecule has 4 rings (SSSR count). The predicted molar refractivity (Wildman–Crippen MR) is 99.6 cm³/mol. The van der Waals surface area contributed by atoms with Gasteiger partial charge in [-0.2, -0.15) is 5.10 Å². The summed E-state index contributed by atoms with van der Waals surface area (Å²) < 4.78 is 1.78. The quantitative estimate of drug-likeness (QED) is 0.749. The summed E-state index contributed by atoms with van der Waals surface area (Å²) in [6.07, 6.45) is 5.87. The Hall–Kier alpha value is -2.47. The Kier molecular flexibility index (Phi) is 4.61. The van der Waals surface area contributed by atoms with Gasteiger partial charge < -0.3 is 10.6 Å². The number of rotatable bonds is 5. The number of hydrogen-bond donors (Lipinski definition) is 2. The Bertz CT molecular complexity index is 822. The van der Waals surface area contributed by atoms with E-state index >= 15 is 0 Å². The van der Waals surface area contributed by atoms with E-state index in [2.05, 4.69) is 56.0 Å². The minimum absolute atomic E-state index is 0.477. The average Bonchev–Trinajstić information content (AvgIpc) is 3.06. The fourth-order valence-corrected chi connectivity index (χ4v) is 3.81. The Labute approximate surface area is 147 Å². The van der Waals surface area contributed by atoms with E-state index in [9.17, 15) is 0 Å². The summed E-state index contributed by atoms with van der Waals surface area (Å²) >= 11 is 0. The van der Waals surface area contributed by atoms with E-state index in [-0.39, 0.29) is 0 Å². The van der Waals surface area contributed by atoms with Gasteiger partial charge in [-0.1, -0.05) is 30.3 Å². The number of piperidine rings is 1. The van der Waals surface area contributed by atoms with Gasteiger partial charge in [0.25, 0.3) is 0 Å². The molecule has 0 bridgehead atoms. The van der Waals surface area contributed by atoms with Gasteiger partial charge in [-0.05, 0) is 37.4 Å². The van der Waals surface area contributed by atoms with Crippen LogP contribution in [0.5, 0.6) is 0 Å². The number of fused-ring (bicyclic) bond motifs is 1. The third-order valence-corrected chi connectivity index (χ3v) is 5.20. The van der Waals surface area contributed by atoms with Crippen LogP contribution >= 0.6 is 0 Å². The van der Waals surface area contributed by atoms with Crippen LogP contribution in [0.2, 0.25) is 0 Å². The van der Waals surface area contributed by atoms with Gasteiger partial charge in [0.2, 0.25) is 0 Å². The van der Waals surface area contributed by atoms with Crippen molar-refractivity contribution in [2.75, 3.05) is 25.0 Å². The zero-order chi connectivity index (χ0) is 17.1. The number of nitrogens with one attached hydrogen (secondary N) is 2. The van der Waals surface area contributed by atoms with Gasteiger partial charge in [0.1, 0.15) is 12.1 Å². The maximum Gasteiger partial charge on any atom is 0.163 e. The molecule has 6 heteroatoms. The number of aryl methyl sites for hydroxylation is 1. The van der Waals surface area contributed by atoms with Crippen molar-refractivity contribution in [3.8, 4) is 0 Å². The maximum absolute atomic E-state index is 4.44. The zero-order valence-electron chi connectivity index (χ0n) is 14.5. The molecule has 130 valence electrons. The van der Waals surface area contributed by atoms with Crippen LogP contribution in [-0.2, 0) is 7.05 Å². The van der Waals surface area contributed by atoms with Crippen molar-refractivity contribution in [2.45, 2.75) is 18.8 Å². The highest BCUT2D eigenvalue weighted by Crippen LogP contribution is 2.31. The lowest BCUT2D eigenvalue weighted by molar-refractivity contribution is 0.324. The van der Waals surface area contributed by atoms with E-state index in [0.29, 0.717) is 11.8 Å². The summed E-state index contributed by atoms with van der Waals surface area (Å²) in [7, 11) is 1.90. The van der Waals surface area contributed by atoms with Crippen LogP contribution in [0.1, 0.15) is 24.3 Å². The van der Waals surface area contributed by atoms with Crippen LogP contribution in [0.15, 0.2) is 42.9 Å². The van der Waals surface area contributed by atoms with E-state index in [1.54, 1.807) is 11.0 Å². The first-order chi connectivity index (χ1) is 12.3. The highest BCUT2D eigenvalue weighted by atomic mass is 15.3. The maximum atomic E-state index is 4.44. The molecule has 2 N–H and O–H groups in total. The molecule has 3 heterocycles. The third-order valence-electron chi connectivity index (χ3n) is 5.20. The SMILES string of the molecule is Cn1ncc2c(NCC(c3ccccc3)C3CCNCC3)ncnc21. The number of hydrogen-bond acceptors (Lipinski definition) is 5. The van der Waals surface area contributed by atoms with Crippen molar-refractivity contribution in [2.24, 2.45) is 13.0 Å². The smallest absolute Gasteiger partial charge is 0.163 e. The van der Waals surface area contributed by atoms with Gasteiger partial charge in [0.05, 0.1) is 11.6 Å². The minimum atomic E-state index is 0.477. The van der Waals surface area contributed by atoms with E-state index in [4.69, 9.17) is 0 Å². The fourth-order valence-electron chi connectivity index (χ4n) is 3.81. The van der Waals surface area contributed by atoms with Gasteiger partial charge in [-0.15, -0.1) is 0 Å². The van der Waals surface area contributed by atoms with Crippen molar-refractivity contribution < 1.29 is 0 Å². The molecule has 6 nitrogen and oxygen atoms in total. The molecule has 3 aromatic rings. The third kappa shape index (κ3) is 3.35. The lowest BCUT2D eigenvalue weighted by Crippen LogP contribution is -2.33. The summed E-state index contributed by atoms with van der Waals surface area (Å²) in [5.74, 6) is 2.03. The van der Waals surface area contributed by atoms with E-state index < -0.39 is 0 Å². The van der Waals surface area contributed by atoms with Gasteiger partial charge in [-0.3, -0.25) is 4.68 Å². The number of benzene rings is 1. The topological polar surface area (TPSA) is 67.7 Å². The molecule has 0 aliphatic carbocycles. The molecule has 2 aromatic heterocycles. The van der Waals surface area contributed by atoms with Gasteiger partial charge in [0, 0.05) is 19.5 Å². The van der Waals surface area contributed by atoms with Crippen molar-refractivity contribution in [1.82, 2.24) is 25.1 Å². The normalized spacial score (nSPS) is 16.8. The van der Waals surface area contributed by atoms with Crippen LogP contribution < -0.4 is 10.6 Å². The molecular formula is C19H24N6. The molecule has 1 aliphatic heterocycles. The largest absolute Gasteiger partial charge is 0.369 e. The summed E-state index contributed by atoms with van der Waals surface area (Å²) in [6, 6.07) is 10.8. The molecule has 0 amide bonds. The van der Waals surface area contributed by atoms with E-state index in [0.717, 1.165) is 36.5 Å². The van der Waals surface area contributed by atoms with E-state index in [1.807, 2.05) is 13.2 Å². The number of aromatic nitrogens is 4. The first kappa shape index (κ1) is 16.0. The van der Waals surface area contributed by atoms with Crippen LogP contribution in [0.4, 0.5) is 5.82 Å². The molecule has 1 saturated heterocycles. The van der Waals surface area contributed by atoms with E-state index in [1.165, 1.54) is 18.4 Å². The molecule has 1 aromatic carbocycles. The molecule has 0 radical (unpaired) electrons. The second-order valence-corrected chi connectivity index (χ2v) is 6.71. The number of anilines is 1. The summed E-state index contributed by atoms with van der Waals surface area (Å²) in [5, 5.41) is 12.3. The number of nitrogens with zero attached hydrogens (tertiary/aromatic N) is 4. The molecule has 1 unspecified atom stereocenters. The first-order valence-electron chi connectivity index (χ1n) is 8.95. The minimum Gasteiger partial charge on any atom is -0.369 e. The lowest BCUT2D eigenvalue weighted by Gasteiger charge is -2.31. The van der Waals surface area contributed by atoms with Crippen molar-refractivity contribution in [3.63, 3.8) is 0 Å². The summed E-state index contributed by atoms with van der Waals surface area (Å²) in [6.45, 7) is 3.08. The lowest BCUT2D eigenvalue weighted by atomic mass is 9.80. The fraction of sp³-hybridized carbons (Fsp3) is 0.421. The molecule has 1 fully saturated rings. The second kappa shape index (κ2) is 7.19. The Morgan fingerprint density at radius 1 is 1.20 bits per heavy atom. The summed E-state index contributed by atoms with van der Waals surface area (Å²) in [5.41, 5.74) is 2.26. The van der Waals surface area contributed by atoms with Gasteiger partial charge in [0.15, 0.2) is 5.65 Å². The molecular weight excluding hydrogens is 312 g/mol. The molecule has 1 aliphatic rings.